The zero-order valence-corrected chi connectivity index (χ0v) is 10.8. The lowest BCUT2D eigenvalue weighted by Crippen LogP contribution is -1.87. The van der Waals surface area contributed by atoms with Gasteiger partial charge in [-0.05, 0) is 24.6 Å². The molecule has 0 unspecified atom stereocenters. The Morgan fingerprint density at radius 3 is 2.42 bits per heavy atom. The molecule has 0 saturated carbocycles. The molecular formula is C17H15NO. The average Bonchev–Trinajstić information content (AvgIpc) is 2.89. The molecule has 1 heterocycles. The molecule has 94 valence electrons. The fourth-order valence-electron chi connectivity index (χ4n) is 2.02. The summed E-state index contributed by atoms with van der Waals surface area (Å²) in [5, 5.41) is 0. The molecule has 0 spiro atoms. The van der Waals surface area contributed by atoms with Crippen molar-refractivity contribution >= 4 is 0 Å². The van der Waals surface area contributed by atoms with Gasteiger partial charge < -0.3 is 4.42 Å². The Bertz CT molecular complexity index is 653. The van der Waals surface area contributed by atoms with Crippen LogP contribution in [0.15, 0.2) is 65.3 Å². The minimum Gasteiger partial charge on any atom is -0.444 e. The minimum absolute atomic E-state index is 0.686. The molecule has 3 rings (SSSR count). The predicted octanol–water partition coefficient (Wildman–Crippen LogP) is 4.24. The molecule has 0 aliphatic rings. The monoisotopic (exact) mass is 249 g/mol. The first-order chi connectivity index (χ1) is 9.31. The van der Waals surface area contributed by atoms with E-state index in [2.05, 4.69) is 36.2 Å². The molecule has 2 heteroatoms. The van der Waals surface area contributed by atoms with Crippen LogP contribution in [0.5, 0.6) is 0 Å². The van der Waals surface area contributed by atoms with Crippen molar-refractivity contribution in [1.82, 2.24) is 4.98 Å². The van der Waals surface area contributed by atoms with Crippen LogP contribution in [0, 0.1) is 6.92 Å². The van der Waals surface area contributed by atoms with Gasteiger partial charge in [0, 0.05) is 12.0 Å². The number of rotatable bonds is 3. The Hall–Kier alpha value is -2.35. The quantitative estimate of drug-likeness (QED) is 0.694. The van der Waals surface area contributed by atoms with E-state index < -0.39 is 0 Å². The third-order valence-electron chi connectivity index (χ3n) is 3.08. The van der Waals surface area contributed by atoms with Crippen molar-refractivity contribution in [1.29, 1.82) is 0 Å². The highest BCUT2D eigenvalue weighted by atomic mass is 16.3. The van der Waals surface area contributed by atoms with Crippen LogP contribution in [0.3, 0.4) is 0 Å². The maximum absolute atomic E-state index is 5.55. The lowest BCUT2D eigenvalue weighted by molar-refractivity contribution is 0.573. The molecule has 0 radical (unpaired) electrons. The summed E-state index contributed by atoms with van der Waals surface area (Å²) in [4.78, 5) is 4.54. The Kier molecular flexibility index (Phi) is 3.15. The normalized spacial score (nSPS) is 10.6. The van der Waals surface area contributed by atoms with Crippen LogP contribution in [-0.4, -0.2) is 4.98 Å². The van der Waals surface area contributed by atoms with Crippen LogP contribution >= 0.6 is 0 Å². The number of benzene rings is 2. The van der Waals surface area contributed by atoms with Crippen LogP contribution in [-0.2, 0) is 6.42 Å². The molecule has 0 aliphatic carbocycles. The van der Waals surface area contributed by atoms with Crippen LogP contribution in [0.2, 0.25) is 0 Å². The molecule has 0 saturated heterocycles. The van der Waals surface area contributed by atoms with Gasteiger partial charge in [0.15, 0.2) is 0 Å². The van der Waals surface area contributed by atoms with Crippen molar-refractivity contribution < 1.29 is 4.42 Å². The van der Waals surface area contributed by atoms with Gasteiger partial charge in [-0.1, -0.05) is 48.0 Å². The second-order valence-corrected chi connectivity index (χ2v) is 4.67. The smallest absolute Gasteiger partial charge is 0.226 e. The summed E-state index contributed by atoms with van der Waals surface area (Å²) in [5.41, 5.74) is 4.46. The molecule has 3 aromatic rings. The maximum Gasteiger partial charge on any atom is 0.226 e. The number of oxazole rings is 1. The topological polar surface area (TPSA) is 26.0 Å². The van der Waals surface area contributed by atoms with E-state index in [-0.39, 0.29) is 0 Å². The summed E-state index contributed by atoms with van der Waals surface area (Å²) < 4.78 is 5.55. The number of hydrogen-bond donors (Lipinski definition) is 0. The fraction of sp³-hybridized carbons (Fsp3) is 0.118. The average molecular weight is 249 g/mol. The van der Waals surface area contributed by atoms with E-state index in [1.807, 2.05) is 30.3 Å². The molecule has 0 amide bonds. The molecule has 0 fully saturated rings. The minimum atomic E-state index is 0.686. The summed E-state index contributed by atoms with van der Waals surface area (Å²) in [5.74, 6) is 0.686. The van der Waals surface area contributed by atoms with Gasteiger partial charge in [0.05, 0.1) is 5.69 Å². The lowest BCUT2D eigenvalue weighted by Gasteiger charge is -1.96. The summed E-state index contributed by atoms with van der Waals surface area (Å²) in [6.07, 6.45) is 2.54. The highest BCUT2D eigenvalue weighted by Gasteiger charge is 2.06. The number of nitrogens with zero attached hydrogens (tertiary/aromatic N) is 1. The second kappa shape index (κ2) is 5.11. The van der Waals surface area contributed by atoms with Crippen LogP contribution < -0.4 is 0 Å². The van der Waals surface area contributed by atoms with Gasteiger partial charge in [0.25, 0.3) is 0 Å². The van der Waals surface area contributed by atoms with Gasteiger partial charge >= 0.3 is 0 Å². The molecule has 0 atom stereocenters. The van der Waals surface area contributed by atoms with Gasteiger partial charge in [0.1, 0.15) is 6.26 Å². The van der Waals surface area contributed by atoms with Gasteiger partial charge in [0.2, 0.25) is 5.89 Å². The highest BCUT2D eigenvalue weighted by molar-refractivity contribution is 5.53. The van der Waals surface area contributed by atoms with E-state index in [1.165, 1.54) is 11.1 Å². The van der Waals surface area contributed by atoms with Crippen molar-refractivity contribution in [3.8, 4) is 11.5 Å². The largest absolute Gasteiger partial charge is 0.444 e. The van der Waals surface area contributed by atoms with Crippen molar-refractivity contribution in [2.45, 2.75) is 13.3 Å². The third-order valence-corrected chi connectivity index (χ3v) is 3.08. The Labute approximate surface area is 112 Å². The van der Waals surface area contributed by atoms with E-state index in [0.717, 1.165) is 17.7 Å². The zero-order valence-electron chi connectivity index (χ0n) is 10.8. The number of hydrogen-bond acceptors (Lipinski definition) is 2. The molecule has 0 N–H and O–H groups in total. The Morgan fingerprint density at radius 2 is 1.68 bits per heavy atom. The number of aromatic nitrogens is 1. The standard InChI is InChI=1S/C17H15NO/c1-13-7-9-15(10-8-13)17-18-16(12-19-17)11-14-5-3-2-4-6-14/h2-10,12H,11H2,1H3. The zero-order chi connectivity index (χ0) is 13.1. The molecule has 0 aliphatic heterocycles. The Balaban J connectivity index is 1.82. The van der Waals surface area contributed by atoms with Gasteiger partial charge in [-0.3, -0.25) is 0 Å². The van der Waals surface area contributed by atoms with E-state index in [1.54, 1.807) is 6.26 Å². The second-order valence-electron chi connectivity index (χ2n) is 4.67. The lowest BCUT2D eigenvalue weighted by atomic mass is 10.1. The molecule has 19 heavy (non-hydrogen) atoms. The predicted molar refractivity (Wildman–Crippen MR) is 75.9 cm³/mol. The molecule has 2 aromatic carbocycles. The summed E-state index contributed by atoms with van der Waals surface area (Å²) >= 11 is 0. The SMILES string of the molecule is Cc1ccc(-c2nc(Cc3ccccc3)co2)cc1. The number of aryl methyl sites for hydroxylation is 1. The van der Waals surface area contributed by atoms with Crippen LogP contribution in [0.1, 0.15) is 16.8 Å². The van der Waals surface area contributed by atoms with E-state index in [0.29, 0.717) is 5.89 Å². The van der Waals surface area contributed by atoms with Crippen molar-refractivity contribution in [3.63, 3.8) is 0 Å². The summed E-state index contributed by atoms with van der Waals surface area (Å²) in [6.45, 7) is 2.07. The molecular weight excluding hydrogens is 234 g/mol. The van der Waals surface area contributed by atoms with Gasteiger partial charge in [-0.25, -0.2) is 4.98 Å². The molecule has 0 bridgehead atoms. The molecule has 1 aromatic heterocycles. The first kappa shape index (κ1) is 11.7. The van der Waals surface area contributed by atoms with E-state index >= 15 is 0 Å². The highest BCUT2D eigenvalue weighted by Crippen LogP contribution is 2.20. The Morgan fingerprint density at radius 1 is 0.947 bits per heavy atom. The molecule has 2 nitrogen and oxygen atoms in total. The van der Waals surface area contributed by atoms with Gasteiger partial charge in [-0.2, -0.15) is 0 Å². The summed E-state index contributed by atoms with van der Waals surface area (Å²) in [7, 11) is 0. The van der Waals surface area contributed by atoms with Crippen molar-refractivity contribution in [2.75, 3.05) is 0 Å². The maximum atomic E-state index is 5.55. The van der Waals surface area contributed by atoms with Gasteiger partial charge in [-0.15, -0.1) is 0 Å². The summed E-state index contributed by atoms with van der Waals surface area (Å²) in [6, 6.07) is 18.5. The third kappa shape index (κ3) is 2.74. The fourth-order valence-corrected chi connectivity index (χ4v) is 2.02. The van der Waals surface area contributed by atoms with Crippen molar-refractivity contribution in [2.24, 2.45) is 0 Å². The van der Waals surface area contributed by atoms with Crippen LogP contribution in [0.25, 0.3) is 11.5 Å². The van der Waals surface area contributed by atoms with Crippen LogP contribution in [0.4, 0.5) is 0 Å². The van der Waals surface area contributed by atoms with Crippen molar-refractivity contribution in [3.05, 3.63) is 77.7 Å². The van der Waals surface area contributed by atoms with E-state index in [4.69, 9.17) is 4.42 Å². The first-order valence-electron chi connectivity index (χ1n) is 6.36. The first-order valence-corrected chi connectivity index (χ1v) is 6.36. The van der Waals surface area contributed by atoms with E-state index in [9.17, 15) is 0 Å².